The van der Waals surface area contributed by atoms with Crippen LogP contribution in [-0.4, -0.2) is 23.4 Å². The van der Waals surface area contributed by atoms with Gasteiger partial charge in [0.25, 0.3) is 0 Å². The van der Waals surface area contributed by atoms with E-state index in [4.69, 9.17) is 9.99 Å². The van der Waals surface area contributed by atoms with E-state index in [9.17, 15) is 4.79 Å². The minimum Gasteiger partial charge on any atom is -0.457 e. The van der Waals surface area contributed by atoms with E-state index in [1.807, 2.05) is 13.8 Å². The Labute approximate surface area is 96.9 Å². The van der Waals surface area contributed by atoms with Gasteiger partial charge < -0.3 is 4.74 Å². The third-order valence-corrected chi connectivity index (χ3v) is 3.70. The average molecular weight is 230 g/mol. The van der Waals surface area contributed by atoms with Gasteiger partial charge in [0, 0.05) is 0 Å². The van der Waals surface area contributed by atoms with Gasteiger partial charge in [-0.25, -0.2) is 9.68 Å². The molecule has 1 unspecified atom stereocenters. The summed E-state index contributed by atoms with van der Waals surface area (Å²) in [5.74, 6) is -0.0497. The Balaban J connectivity index is 2.56. The minimum absolute atomic E-state index is 0.387. The molecule has 0 saturated heterocycles. The molecule has 1 atom stereocenters. The summed E-state index contributed by atoms with van der Waals surface area (Å²) in [5.41, 5.74) is -0.407. The van der Waals surface area contributed by atoms with Crippen LogP contribution in [0.3, 0.4) is 0 Å². The molecular formula is C12H22O4. The molecule has 0 aliphatic heterocycles. The molecule has 0 radical (unpaired) electrons. The molecule has 1 N–H and O–H groups in total. The summed E-state index contributed by atoms with van der Waals surface area (Å²) < 4.78 is 5.44. The van der Waals surface area contributed by atoms with Crippen LogP contribution in [0.1, 0.15) is 52.4 Å². The summed E-state index contributed by atoms with van der Waals surface area (Å²) in [6.45, 7) is 3.63. The van der Waals surface area contributed by atoms with Gasteiger partial charge in [0.05, 0.1) is 0 Å². The fraction of sp³-hybridized carbons (Fsp3) is 0.917. The predicted molar refractivity (Wildman–Crippen MR) is 59.9 cm³/mol. The molecule has 1 aliphatic carbocycles. The molecule has 1 saturated carbocycles. The maximum atomic E-state index is 11.4. The molecule has 1 aliphatic rings. The summed E-state index contributed by atoms with van der Waals surface area (Å²) in [4.78, 5) is 15.2. The van der Waals surface area contributed by atoms with Crippen LogP contribution in [0, 0.1) is 5.92 Å². The zero-order chi connectivity index (χ0) is 12.0. The summed E-state index contributed by atoms with van der Waals surface area (Å²) in [5, 5.41) is 8.22. The Bertz CT molecular complexity index is 223. The van der Waals surface area contributed by atoms with E-state index < -0.39 is 11.6 Å². The molecule has 0 aromatic heterocycles. The molecule has 94 valence electrons. The van der Waals surface area contributed by atoms with Gasteiger partial charge in [-0.2, -0.15) is 0 Å². The van der Waals surface area contributed by atoms with Crippen LogP contribution in [0.2, 0.25) is 0 Å². The number of ether oxygens (including phenoxy) is 1. The van der Waals surface area contributed by atoms with Crippen LogP contribution in [0.4, 0.5) is 0 Å². The van der Waals surface area contributed by atoms with Gasteiger partial charge in [0.15, 0.2) is 6.61 Å². The Kier molecular flexibility index (Phi) is 5.22. The maximum absolute atomic E-state index is 11.4. The van der Waals surface area contributed by atoms with Crippen molar-refractivity contribution in [3.05, 3.63) is 0 Å². The smallest absolute Gasteiger partial charge is 0.336 e. The van der Waals surface area contributed by atoms with E-state index in [1.54, 1.807) is 0 Å². The van der Waals surface area contributed by atoms with E-state index in [0.717, 1.165) is 19.3 Å². The van der Waals surface area contributed by atoms with Gasteiger partial charge in [-0.1, -0.05) is 26.2 Å². The van der Waals surface area contributed by atoms with Crippen LogP contribution in [0.15, 0.2) is 0 Å². The van der Waals surface area contributed by atoms with E-state index in [1.165, 1.54) is 19.3 Å². The minimum atomic E-state index is -0.488. The van der Waals surface area contributed by atoms with E-state index >= 15 is 0 Å². The first-order chi connectivity index (χ1) is 7.62. The van der Waals surface area contributed by atoms with Crippen LogP contribution < -0.4 is 0 Å². The first-order valence-electron chi connectivity index (χ1n) is 6.10. The summed E-state index contributed by atoms with van der Waals surface area (Å²) in [6, 6.07) is 0. The second-order valence-corrected chi connectivity index (χ2v) is 4.75. The van der Waals surface area contributed by atoms with E-state index in [0.29, 0.717) is 5.92 Å². The van der Waals surface area contributed by atoms with Gasteiger partial charge in [0.1, 0.15) is 5.60 Å². The van der Waals surface area contributed by atoms with Crippen molar-refractivity contribution in [3.63, 3.8) is 0 Å². The van der Waals surface area contributed by atoms with Crippen molar-refractivity contribution in [2.75, 3.05) is 6.61 Å². The standard InChI is InChI=1S/C12H22O4/c1-3-12(2,16-11(13)9-15-14)10-7-5-4-6-8-10/h10,14H,3-9H2,1-2H3. The van der Waals surface area contributed by atoms with E-state index in [-0.39, 0.29) is 6.61 Å². The number of rotatable bonds is 5. The summed E-state index contributed by atoms with van der Waals surface area (Å²) in [6.07, 6.45) is 6.76. The molecule has 4 nitrogen and oxygen atoms in total. The van der Waals surface area contributed by atoms with Crippen molar-refractivity contribution in [1.82, 2.24) is 0 Å². The highest BCUT2D eigenvalue weighted by Crippen LogP contribution is 2.37. The van der Waals surface area contributed by atoms with Crippen LogP contribution in [0.5, 0.6) is 0 Å². The quantitative estimate of drug-likeness (QED) is 0.448. The molecule has 1 fully saturated rings. The van der Waals surface area contributed by atoms with Crippen LogP contribution >= 0.6 is 0 Å². The number of carbonyl (C=O) groups is 1. The third-order valence-electron chi connectivity index (χ3n) is 3.70. The van der Waals surface area contributed by atoms with Gasteiger partial charge in [-0.3, -0.25) is 5.26 Å². The Morgan fingerprint density at radius 2 is 2.00 bits per heavy atom. The molecule has 1 rings (SSSR count). The SMILES string of the molecule is CCC(C)(OC(=O)COO)C1CCCCC1. The zero-order valence-corrected chi connectivity index (χ0v) is 10.2. The van der Waals surface area contributed by atoms with Crippen molar-refractivity contribution in [2.24, 2.45) is 5.92 Å². The first kappa shape index (κ1) is 13.5. The van der Waals surface area contributed by atoms with Gasteiger partial charge in [0.2, 0.25) is 0 Å². The molecule has 0 bridgehead atoms. The predicted octanol–water partition coefficient (Wildman–Crippen LogP) is 2.77. The molecule has 0 heterocycles. The highest BCUT2D eigenvalue weighted by molar-refractivity contribution is 5.71. The van der Waals surface area contributed by atoms with Gasteiger partial charge in [-0.15, -0.1) is 0 Å². The molecule has 0 aromatic carbocycles. The Hall–Kier alpha value is -0.610. The second-order valence-electron chi connectivity index (χ2n) is 4.75. The number of hydrogen-bond donors (Lipinski definition) is 1. The second kappa shape index (κ2) is 6.21. The lowest BCUT2D eigenvalue weighted by atomic mass is 9.76. The molecule has 0 spiro atoms. The monoisotopic (exact) mass is 230 g/mol. The summed E-state index contributed by atoms with van der Waals surface area (Å²) in [7, 11) is 0. The normalized spacial score (nSPS) is 21.4. The van der Waals surface area contributed by atoms with E-state index in [2.05, 4.69) is 4.89 Å². The Morgan fingerprint density at radius 1 is 1.38 bits per heavy atom. The van der Waals surface area contributed by atoms with Crippen molar-refractivity contribution >= 4 is 5.97 Å². The molecule has 4 heteroatoms. The number of esters is 1. The van der Waals surface area contributed by atoms with Crippen molar-refractivity contribution < 1.29 is 19.7 Å². The summed E-state index contributed by atoms with van der Waals surface area (Å²) >= 11 is 0. The van der Waals surface area contributed by atoms with Crippen LogP contribution in [-0.2, 0) is 14.4 Å². The van der Waals surface area contributed by atoms with Crippen molar-refractivity contribution in [2.45, 2.75) is 58.0 Å². The number of hydrogen-bond acceptors (Lipinski definition) is 4. The van der Waals surface area contributed by atoms with Crippen molar-refractivity contribution in [1.29, 1.82) is 0 Å². The van der Waals surface area contributed by atoms with Gasteiger partial charge >= 0.3 is 5.97 Å². The maximum Gasteiger partial charge on any atom is 0.336 e. The lowest BCUT2D eigenvalue weighted by molar-refractivity contribution is -0.250. The highest BCUT2D eigenvalue weighted by atomic mass is 17.1. The number of carbonyl (C=O) groups excluding carboxylic acids is 1. The average Bonchev–Trinajstić information content (AvgIpc) is 2.30. The molecule has 0 aromatic rings. The molecular weight excluding hydrogens is 208 g/mol. The lowest BCUT2D eigenvalue weighted by Gasteiger charge is -2.38. The Morgan fingerprint density at radius 3 is 2.50 bits per heavy atom. The van der Waals surface area contributed by atoms with Crippen molar-refractivity contribution in [3.8, 4) is 0 Å². The highest BCUT2D eigenvalue weighted by Gasteiger charge is 2.36. The van der Waals surface area contributed by atoms with Gasteiger partial charge in [-0.05, 0) is 32.1 Å². The van der Waals surface area contributed by atoms with Crippen LogP contribution in [0.25, 0.3) is 0 Å². The molecule has 16 heavy (non-hydrogen) atoms. The fourth-order valence-electron chi connectivity index (χ4n) is 2.50. The largest absolute Gasteiger partial charge is 0.457 e. The fourth-order valence-corrected chi connectivity index (χ4v) is 2.50. The first-order valence-corrected chi connectivity index (χ1v) is 6.10. The third kappa shape index (κ3) is 3.46. The zero-order valence-electron chi connectivity index (χ0n) is 10.2. The topological polar surface area (TPSA) is 55.8 Å². The lowest BCUT2D eigenvalue weighted by Crippen LogP contribution is -2.41. The molecule has 0 amide bonds.